The van der Waals surface area contributed by atoms with Gasteiger partial charge in [-0.1, -0.05) is 6.92 Å². The molecule has 2 nitrogen and oxygen atoms in total. The predicted octanol–water partition coefficient (Wildman–Crippen LogP) is 0.894. The number of hydrogen-bond donors (Lipinski definition) is 1. The average molecular weight is 175 g/mol. The van der Waals surface area contributed by atoms with Gasteiger partial charge in [0.05, 0.1) is 0 Å². The van der Waals surface area contributed by atoms with E-state index in [1.54, 1.807) is 0 Å². The Balaban J connectivity index is 2.58. The van der Waals surface area contributed by atoms with Gasteiger partial charge >= 0.3 is 0 Å². The molecule has 3 heteroatoms. The number of nitrogens with one attached hydrogen (secondary N) is 1. The predicted molar refractivity (Wildman–Crippen MR) is 49.1 cm³/mol. The molecule has 0 amide bonds. The zero-order valence-electron chi connectivity index (χ0n) is 7.46. The minimum atomic E-state index is -0.608. The molecule has 0 aromatic rings. The van der Waals surface area contributed by atoms with Crippen LogP contribution in [-0.4, -0.2) is 27.3 Å². The van der Waals surface area contributed by atoms with Crippen LogP contribution in [0.3, 0.4) is 0 Å². The van der Waals surface area contributed by atoms with Gasteiger partial charge in [-0.2, -0.15) is 0 Å². The summed E-state index contributed by atoms with van der Waals surface area (Å²) in [5.41, 5.74) is 0. The highest BCUT2D eigenvalue weighted by Crippen LogP contribution is 2.13. The summed E-state index contributed by atoms with van der Waals surface area (Å²) in [6.07, 6.45) is 1.08. The Bertz CT molecular complexity index is 160. The van der Waals surface area contributed by atoms with Gasteiger partial charge in [-0.3, -0.25) is 4.21 Å². The second-order valence-corrected chi connectivity index (χ2v) is 5.17. The zero-order chi connectivity index (χ0) is 8.43. The lowest BCUT2D eigenvalue weighted by molar-refractivity contribution is 0.425. The van der Waals surface area contributed by atoms with Gasteiger partial charge in [0.15, 0.2) is 0 Å². The first-order valence-corrected chi connectivity index (χ1v) is 5.66. The third-order valence-corrected chi connectivity index (χ3v) is 4.32. The SMILES string of the molecule is CCC1NC(C)CS(=O)C1C. The lowest BCUT2D eigenvalue weighted by atomic mass is 10.1. The number of hydrogen-bond acceptors (Lipinski definition) is 2. The van der Waals surface area contributed by atoms with Crippen LogP contribution < -0.4 is 5.32 Å². The summed E-state index contributed by atoms with van der Waals surface area (Å²) >= 11 is 0. The van der Waals surface area contributed by atoms with Crippen LogP contribution >= 0.6 is 0 Å². The first kappa shape index (κ1) is 9.20. The molecule has 0 bridgehead atoms. The second-order valence-electron chi connectivity index (χ2n) is 3.33. The molecule has 0 aromatic heterocycles. The van der Waals surface area contributed by atoms with Crippen molar-refractivity contribution in [3.05, 3.63) is 0 Å². The molecule has 11 heavy (non-hydrogen) atoms. The third kappa shape index (κ3) is 2.03. The molecule has 4 unspecified atom stereocenters. The Kier molecular flexibility index (Phi) is 3.07. The van der Waals surface area contributed by atoms with Crippen molar-refractivity contribution < 1.29 is 4.21 Å². The fraction of sp³-hybridized carbons (Fsp3) is 1.00. The summed E-state index contributed by atoms with van der Waals surface area (Å²) in [6, 6.07) is 0.886. The molecule has 0 spiro atoms. The third-order valence-electron chi connectivity index (χ3n) is 2.33. The van der Waals surface area contributed by atoms with Crippen molar-refractivity contribution in [2.75, 3.05) is 5.75 Å². The Morgan fingerprint density at radius 1 is 1.55 bits per heavy atom. The molecule has 1 heterocycles. The summed E-state index contributed by atoms with van der Waals surface area (Å²) in [5, 5.41) is 3.78. The van der Waals surface area contributed by atoms with E-state index in [1.165, 1.54) is 0 Å². The smallest absolute Gasteiger partial charge is 0.0473 e. The van der Waals surface area contributed by atoms with Gasteiger partial charge in [-0.05, 0) is 20.3 Å². The normalized spacial score (nSPS) is 45.7. The fourth-order valence-corrected chi connectivity index (χ4v) is 3.11. The van der Waals surface area contributed by atoms with Crippen LogP contribution in [-0.2, 0) is 10.8 Å². The Hall–Kier alpha value is 0.110. The lowest BCUT2D eigenvalue weighted by Gasteiger charge is -2.32. The van der Waals surface area contributed by atoms with E-state index >= 15 is 0 Å². The molecule has 1 aliphatic heterocycles. The molecule has 66 valence electrons. The van der Waals surface area contributed by atoms with E-state index in [4.69, 9.17) is 0 Å². The van der Waals surface area contributed by atoms with Crippen molar-refractivity contribution in [3.8, 4) is 0 Å². The molecule has 0 saturated carbocycles. The first-order chi connectivity index (χ1) is 5.15. The van der Waals surface area contributed by atoms with Crippen molar-refractivity contribution in [2.45, 2.75) is 44.5 Å². The van der Waals surface area contributed by atoms with E-state index in [1.807, 2.05) is 0 Å². The summed E-state index contributed by atoms with van der Waals surface area (Å²) in [6.45, 7) is 6.32. The van der Waals surface area contributed by atoms with Crippen LogP contribution in [0.5, 0.6) is 0 Å². The van der Waals surface area contributed by atoms with Gasteiger partial charge < -0.3 is 5.32 Å². The highest BCUT2D eigenvalue weighted by atomic mass is 32.2. The Labute approximate surface area is 71.2 Å². The molecule has 0 aliphatic carbocycles. The first-order valence-electron chi connectivity index (χ1n) is 4.28. The van der Waals surface area contributed by atoms with Crippen molar-refractivity contribution in [3.63, 3.8) is 0 Å². The summed E-state index contributed by atoms with van der Waals surface area (Å²) < 4.78 is 11.4. The highest BCUT2D eigenvalue weighted by Gasteiger charge is 2.28. The van der Waals surface area contributed by atoms with Crippen molar-refractivity contribution in [1.82, 2.24) is 5.32 Å². The Morgan fingerprint density at radius 2 is 2.18 bits per heavy atom. The molecule has 1 N–H and O–H groups in total. The monoisotopic (exact) mass is 175 g/mol. The zero-order valence-corrected chi connectivity index (χ0v) is 8.28. The van der Waals surface area contributed by atoms with Crippen LogP contribution in [0.25, 0.3) is 0 Å². The maximum absolute atomic E-state index is 11.4. The van der Waals surface area contributed by atoms with E-state index in [0.29, 0.717) is 17.3 Å². The fourth-order valence-electron chi connectivity index (χ4n) is 1.58. The minimum Gasteiger partial charge on any atom is -0.309 e. The standard InChI is InChI=1S/C8H17NOS/c1-4-8-7(3)11(10)5-6(2)9-8/h6-9H,4-5H2,1-3H3. The van der Waals surface area contributed by atoms with Crippen LogP contribution in [0.4, 0.5) is 0 Å². The highest BCUT2D eigenvalue weighted by molar-refractivity contribution is 7.85. The average Bonchev–Trinajstić information content (AvgIpc) is 1.96. The minimum absolute atomic E-state index is 0.330. The van der Waals surface area contributed by atoms with E-state index in [-0.39, 0.29) is 0 Å². The van der Waals surface area contributed by atoms with E-state index in [2.05, 4.69) is 26.1 Å². The molecular formula is C8H17NOS. The van der Waals surface area contributed by atoms with Gasteiger partial charge in [-0.25, -0.2) is 0 Å². The second kappa shape index (κ2) is 3.68. The molecule has 1 rings (SSSR count). The quantitative estimate of drug-likeness (QED) is 0.641. The maximum atomic E-state index is 11.4. The van der Waals surface area contributed by atoms with Crippen LogP contribution in [0.15, 0.2) is 0 Å². The molecule has 1 aliphatic rings. The lowest BCUT2D eigenvalue weighted by Crippen LogP contribution is -2.52. The topological polar surface area (TPSA) is 29.1 Å². The van der Waals surface area contributed by atoms with Gasteiger partial charge in [0.2, 0.25) is 0 Å². The summed E-state index contributed by atoms with van der Waals surface area (Å²) in [7, 11) is -0.608. The van der Waals surface area contributed by atoms with Gasteiger partial charge in [0.25, 0.3) is 0 Å². The van der Waals surface area contributed by atoms with Crippen LogP contribution in [0.1, 0.15) is 27.2 Å². The van der Waals surface area contributed by atoms with Gasteiger partial charge in [-0.15, -0.1) is 0 Å². The van der Waals surface area contributed by atoms with Crippen molar-refractivity contribution >= 4 is 10.8 Å². The van der Waals surface area contributed by atoms with E-state index in [9.17, 15) is 4.21 Å². The molecule has 4 atom stereocenters. The largest absolute Gasteiger partial charge is 0.309 e. The van der Waals surface area contributed by atoms with Crippen molar-refractivity contribution in [1.29, 1.82) is 0 Å². The van der Waals surface area contributed by atoms with Gasteiger partial charge in [0, 0.05) is 33.9 Å². The molecular weight excluding hydrogens is 158 g/mol. The molecule has 0 radical (unpaired) electrons. The summed E-state index contributed by atoms with van der Waals surface area (Å²) in [5.74, 6) is 0.817. The van der Waals surface area contributed by atoms with Crippen LogP contribution in [0, 0.1) is 0 Å². The van der Waals surface area contributed by atoms with Gasteiger partial charge in [0.1, 0.15) is 0 Å². The molecule has 1 saturated heterocycles. The summed E-state index contributed by atoms with van der Waals surface area (Å²) in [4.78, 5) is 0. The number of rotatable bonds is 1. The van der Waals surface area contributed by atoms with E-state index in [0.717, 1.165) is 12.2 Å². The maximum Gasteiger partial charge on any atom is 0.0473 e. The molecule has 0 aromatic carbocycles. The van der Waals surface area contributed by atoms with Crippen LogP contribution in [0.2, 0.25) is 0 Å². The molecule has 1 fully saturated rings. The van der Waals surface area contributed by atoms with Crippen molar-refractivity contribution in [2.24, 2.45) is 0 Å². The van der Waals surface area contributed by atoms with E-state index < -0.39 is 10.8 Å². The Morgan fingerprint density at radius 3 is 2.73 bits per heavy atom.